The van der Waals surface area contributed by atoms with Gasteiger partial charge in [-0.2, -0.15) is 0 Å². The van der Waals surface area contributed by atoms with E-state index in [-0.39, 0.29) is 0 Å². The number of aryl methyl sites for hydroxylation is 1. The van der Waals surface area contributed by atoms with E-state index in [1.165, 1.54) is 24.6 Å². The van der Waals surface area contributed by atoms with Crippen molar-refractivity contribution in [1.29, 1.82) is 0 Å². The number of hydrogen-bond donors (Lipinski definition) is 0. The van der Waals surface area contributed by atoms with Gasteiger partial charge in [0.05, 0.1) is 0 Å². The Morgan fingerprint density at radius 2 is 1.92 bits per heavy atom. The van der Waals surface area contributed by atoms with Crippen LogP contribution in [-0.2, 0) is 0 Å². The van der Waals surface area contributed by atoms with Crippen LogP contribution in [0, 0.1) is 6.92 Å². The number of halogens is 2. The Kier molecular flexibility index (Phi) is 2.27. The van der Waals surface area contributed by atoms with Crippen molar-refractivity contribution in [3.05, 3.63) is 32.0 Å². The van der Waals surface area contributed by atoms with Crippen molar-refractivity contribution in [3.8, 4) is 0 Å². The molecular weight excluding hydrogens is 300 g/mol. The highest BCUT2D eigenvalue weighted by molar-refractivity contribution is 9.11. The number of thiophene rings is 1. The first-order valence-electron chi connectivity index (χ1n) is 3.51. The molecule has 62 valence electrons. The second kappa shape index (κ2) is 3.13. The molecule has 0 saturated carbocycles. The molecule has 2 rings (SSSR count). The third-order valence-electron chi connectivity index (χ3n) is 1.81. The Morgan fingerprint density at radius 3 is 2.67 bits per heavy atom. The molecule has 0 N–H and O–H groups in total. The van der Waals surface area contributed by atoms with Gasteiger partial charge in [0.15, 0.2) is 0 Å². The summed E-state index contributed by atoms with van der Waals surface area (Å²) in [6.07, 6.45) is 0. The maximum absolute atomic E-state index is 3.52. The summed E-state index contributed by atoms with van der Waals surface area (Å²) < 4.78 is 3.69. The van der Waals surface area contributed by atoms with E-state index in [1.807, 2.05) is 0 Å². The zero-order valence-corrected chi connectivity index (χ0v) is 10.4. The van der Waals surface area contributed by atoms with Crippen molar-refractivity contribution in [2.24, 2.45) is 0 Å². The number of benzene rings is 1. The molecule has 1 heterocycles. The molecule has 0 fully saturated rings. The standard InChI is InChI=1S/C9H6Br2S/c1-5-2-9-6(3-7(5)10)8(11)4-12-9/h2-4H,1H3. The monoisotopic (exact) mass is 304 g/mol. The van der Waals surface area contributed by atoms with Crippen molar-refractivity contribution in [1.82, 2.24) is 0 Å². The number of hydrogen-bond acceptors (Lipinski definition) is 1. The van der Waals surface area contributed by atoms with Crippen molar-refractivity contribution in [3.63, 3.8) is 0 Å². The highest BCUT2D eigenvalue weighted by Gasteiger charge is 2.03. The molecule has 0 aliphatic heterocycles. The molecule has 1 aromatic carbocycles. The predicted molar refractivity (Wildman–Crippen MR) is 62.0 cm³/mol. The molecule has 0 bridgehead atoms. The van der Waals surface area contributed by atoms with Crippen LogP contribution in [0.1, 0.15) is 5.56 Å². The van der Waals surface area contributed by atoms with Crippen molar-refractivity contribution >= 4 is 53.3 Å². The molecule has 12 heavy (non-hydrogen) atoms. The summed E-state index contributed by atoms with van der Waals surface area (Å²) in [5.41, 5.74) is 1.29. The van der Waals surface area contributed by atoms with E-state index in [4.69, 9.17) is 0 Å². The van der Waals surface area contributed by atoms with Crippen LogP contribution in [0.25, 0.3) is 10.1 Å². The second-order valence-electron chi connectivity index (χ2n) is 2.68. The van der Waals surface area contributed by atoms with Gasteiger partial charge in [-0.1, -0.05) is 15.9 Å². The van der Waals surface area contributed by atoms with Crippen molar-refractivity contribution in [2.45, 2.75) is 6.92 Å². The first kappa shape index (κ1) is 8.73. The maximum Gasteiger partial charge on any atom is 0.0361 e. The summed E-state index contributed by atoms with van der Waals surface area (Å²) in [6, 6.07) is 4.36. The molecule has 0 radical (unpaired) electrons. The summed E-state index contributed by atoms with van der Waals surface area (Å²) in [7, 11) is 0. The molecule has 0 atom stereocenters. The summed E-state index contributed by atoms with van der Waals surface area (Å²) in [6.45, 7) is 2.11. The lowest BCUT2D eigenvalue weighted by molar-refractivity contribution is 1.47. The Balaban J connectivity index is 2.87. The van der Waals surface area contributed by atoms with Crippen LogP contribution in [0.15, 0.2) is 26.5 Å². The van der Waals surface area contributed by atoms with E-state index in [0.29, 0.717) is 0 Å². The highest BCUT2D eigenvalue weighted by Crippen LogP contribution is 2.33. The fourth-order valence-corrected chi connectivity index (χ4v) is 3.10. The average Bonchev–Trinajstić information content (AvgIpc) is 2.35. The number of rotatable bonds is 0. The fourth-order valence-electron chi connectivity index (χ4n) is 1.12. The summed E-state index contributed by atoms with van der Waals surface area (Å²) in [5.74, 6) is 0. The minimum absolute atomic E-state index is 1.18. The first-order chi connectivity index (χ1) is 5.68. The molecule has 3 heteroatoms. The van der Waals surface area contributed by atoms with Gasteiger partial charge in [-0.3, -0.25) is 0 Å². The second-order valence-corrected chi connectivity index (χ2v) is 5.30. The van der Waals surface area contributed by atoms with Crippen LogP contribution in [0.2, 0.25) is 0 Å². The van der Waals surface area contributed by atoms with Gasteiger partial charge in [0.2, 0.25) is 0 Å². The maximum atomic E-state index is 3.52. The van der Waals surface area contributed by atoms with E-state index in [1.54, 1.807) is 11.3 Å². The highest BCUT2D eigenvalue weighted by atomic mass is 79.9. The quantitative estimate of drug-likeness (QED) is 0.660. The molecule has 0 saturated heterocycles. The van der Waals surface area contributed by atoms with E-state index in [0.717, 1.165) is 0 Å². The number of fused-ring (bicyclic) bond motifs is 1. The third kappa shape index (κ3) is 1.34. The Hall–Kier alpha value is 0.140. The van der Waals surface area contributed by atoms with Gasteiger partial charge in [0, 0.05) is 24.4 Å². The van der Waals surface area contributed by atoms with Gasteiger partial charge in [0.25, 0.3) is 0 Å². The summed E-state index contributed by atoms with van der Waals surface area (Å²) in [5, 5.41) is 3.41. The molecule has 2 aromatic rings. The lowest BCUT2D eigenvalue weighted by Gasteiger charge is -1.97. The van der Waals surface area contributed by atoms with Crippen LogP contribution in [0.4, 0.5) is 0 Å². The normalized spacial score (nSPS) is 10.9. The van der Waals surface area contributed by atoms with Crippen LogP contribution in [-0.4, -0.2) is 0 Å². The van der Waals surface area contributed by atoms with Crippen molar-refractivity contribution in [2.75, 3.05) is 0 Å². The van der Waals surface area contributed by atoms with Crippen LogP contribution >= 0.6 is 43.2 Å². The van der Waals surface area contributed by atoms with Crippen LogP contribution in [0.5, 0.6) is 0 Å². The lowest BCUT2D eigenvalue weighted by atomic mass is 10.2. The Labute approximate surface area is 91.9 Å². The Bertz CT molecular complexity index is 431. The zero-order valence-electron chi connectivity index (χ0n) is 6.40. The van der Waals surface area contributed by atoms with Gasteiger partial charge in [-0.05, 0) is 40.5 Å². The molecular formula is C9H6Br2S. The summed E-state index contributed by atoms with van der Waals surface area (Å²) in [4.78, 5) is 0. The van der Waals surface area contributed by atoms with Gasteiger partial charge >= 0.3 is 0 Å². The molecule has 0 nitrogen and oxygen atoms in total. The molecule has 0 aliphatic carbocycles. The molecule has 0 amide bonds. The van der Waals surface area contributed by atoms with Crippen LogP contribution in [0.3, 0.4) is 0 Å². The molecule has 0 unspecified atom stereocenters. The average molecular weight is 306 g/mol. The first-order valence-corrected chi connectivity index (χ1v) is 5.98. The molecule has 1 aromatic heterocycles. The fraction of sp³-hybridized carbons (Fsp3) is 0.111. The lowest BCUT2D eigenvalue weighted by Crippen LogP contribution is -1.73. The predicted octanol–water partition coefficient (Wildman–Crippen LogP) is 4.73. The van der Waals surface area contributed by atoms with Gasteiger partial charge in [-0.15, -0.1) is 11.3 Å². The van der Waals surface area contributed by atoms with Gasteiger partial charge in [0.1, 0.15) is 0 Å². The van der Waals surface area contributed by atoms with Crippen LogP contribution < -0.4 is 0 Å². The minimum Gasteiger partial charge on any atom is -0.143 e. The largest absolute Gasteiger partial charge is 0.143 e. The van der Waals surface area contributed by atoms with E-state index in [2.05, 4.69) is 56.3 Å². The zero-order chi connectivity index (χ0) is 8.72. The van der Waals surface area contributed by atoms with Gasteiger partial charge < -0.3 is 0 Å². The summed E-state index contributed by atoms with van der Waals surface area (Å²) >= 11 is 8.80. The van der Waals surface area contributed by atoms with Crippen molar-refractivity contribution < 1.29 is 0 Å². The van der Waals surface area contributed by atoms with Gasteiger partial charge in [-0.25, -0.2) is 0 Å². The smallest absolute Gasteiger partial charge is 0.0361 e. The SMILES string of the molecule is Cc1cc2scc(Br)c2cc1Br. The van der Waals surface area contributed by atoms with E-state index < -0.39 is 0 Å². The van der Waals surface area contributed by atoms with E-state index >= 15 is 0 Å². The van der Waals surface area contributed by atoms with E-state index in [9.17, 15) is 0 Å². The minimum atomic E-state index is 1.18. The Morgan fingerprint density at radius 1 is 1.17 bits per heavy atom. The topological polar surface area (TPSA) is 0 Å². The third-order valence-corrected chi connectivity index (χ3v) is 4.57. The molecule has 0 aliphatic rings. The molecule has 0 spiro atoms.